The molecule has 34 heavy (non-hydrogen) atoms. The summed E-state index contributed by atoms with van der Waals surface area (Å²) in [4.78, 5) is 0. The third kappa shape index (κ3) is 5.66. The Balaban J connectivity index is 1.38. The van der Waals surface area contributed by atoms with Crippen LogP contribution in [0.15, 0.2) is 85.5 Å². The summed E-state index contributed by atoms with van der Waals surface area (Å²) in [5, 5.41) is 22.5. The lowest BCUT2D eigenvalue weighted by atomic mass is 9.94. The standard InChI is InChI=1S/C29H30N2O3/c1-3-4-26-19-31(32,18-23-7-13-28(33-2)14-8-23)20-27(26)21-34-29-15-11-25(12-16-29)24-9-5-22(17-30)6-10-24/h3,5-16,26-27H,1,4,18-21H2,2H3. The van der Waals surface area contributed by atoms with Gasteiger partial charge in [-0.1, -0.05) is 30.3 Å². The highest BCUT2D eigenvalue weighted by atomic mass is 16.5. The van der Waals surface area contributed by atoms with Crippen LogP contribution in [0.4, 0.5) is 0 Å². The van der Waals surface area contributed by atoms with E-state index in [-0.39, 0.29) is 16.5 Å². The summed E-state index contributed by atoms with van der Waals surface area (Å²) >= 11 is 0. The van der Waals surface area contributed by atoms with Crippen LogP contribution in [0.2, 0.25) is 0 Å². The SMILES string of the molecule is C=CCC1C[N+]([O-])(Cc2ccc(OC)cc2)CC1COc1ccc(-c2ccc(C#N)cc2)cc1. The maximum Gasteiger partial charge on any atom is 0.119 e. The Bertz CT molecular complexity index is 1130. The number of rotatable bonds is 9. The van der Waals surface area contributed by atoms with Crippen LogP contribution in [0.25, 0.3) is 11.1 Å². The number of ether oxygens (including phenoxy) is 2. The fourth-order valence-electron chi connectivity index (χ4n) is 4.77. The van der Waals surface area contributed by atoms with Crippen LogP contribution in [0.5, 0.6) is 11.5 Å². The van der Waals surface area contributed by atoms with E-state index < -0.39 is 0 Å². The second-order valence-electron chi connectivity index (χ2n) is 9.00. The molecule has 3 aromatic rings. The minimum absolute atomic E-state index is 0.173. The predicted octanol–water partition coefficient (Wildman–Crippen LogP) is 5.95. The second-order valence-corrected chi connectivity index (χ2v) is 9.00. The molecule has 1 heterocycles. The van der Waals surface area contributed by atoms with Gasteiger partial charge in [-0.25, -0.2) is 0 Å². The van der Waals surface area contributed by atoms with E-state index in [9.17, 15) is 5.21 Å². The molecule has 1 aliphatic rings. The molecule has 0 bridgehead atoms. The number of hydroxylamine groups is 3. The van der Waals surface area contributed by atoms with Crippen molar-refractivity contribution in [2.24, 2.45) is 11.8 Å². The highest BCUT2D eigenvalue weighted by Gasteiger charge is 2.40. The number of methoxy groups -OCH3 is 1. The van der Waals surface area contributed by atoms with Crippen molar-refractivity contribution in [3.8, 4) is 28.7 Å². The van der Waals surface area contributed by atoms with Crippen molar-refractivity contribution in [3.05, 3.63) is 102 Å². The Morgan fingerprint density at radius 3 is 2.12 bits per heavy atom. The van der Waals surface area contributed by atoms with Gasteiger partial charge in [0.1, 0.15) is 18.0 Å². The van der Waals surface area contributed by atoms with Crippen LogP contribution in [0.1, 0.15) is 17.5 Å². The van der Waals surface area contributed by atoms with Crippen LogP contribution in [-0.2, 0) is 6.54 Å². The van der Waals surface area contributed by atoms with Crippen LogP contribution in [-0.4, -0.2) is 31.5 Å². The molecular weight excluding hydrogens is 424 g/mol. The van der Waals surface area contributed by atoms with Gasteiger partial charge in [-0.2, -0.15) is 5.26 Å². The third-order valence-electron chi connectivity index (χ3n) is 6.57. The Kier molecular flexibility index (Phi) is 7.32. The summed E-state index contributed by atoms with van der Waals surface area (Å²) in [5.74, 6) is 2.02. The zero-order valence-electron chi connectivity index (χ0n) is 19.5. The average Bonchev–Trinajstić information content (AvgIpc) is 3.18. The van der Waals surface area contributed by atoms with Gasteiger partial charge in [0, 0.05) is 11.5 Å². The van der Waals surface area contributed by atoms with Crippen molar-refractivity contribution in [2.75, 3.05) is 26.8 Å². The minimum Gasteiger partial charge on any atom is -0.633 e. The zero-order valence-corrected chi connectivity index (χ0v) is 19.5. The molecule has 1 aliphatic heterocycles. The van der Waals surface area contributed by atoms with Gasteiger partial charge in [0.25, 0.3) is 0 Å². The molecule has 0 aromatic heterocycles. The molecule has 1 fully saturated rings. The molecule has 3 aromatic carbocycles. The van der Waals surface area contributed by atoms with Gasteiger partial charge in [0.15, 0.2) is 0 Å². The van der Waals surface area contributed by atoms with E-state index in [4.69, 9.17) is 14.7 Å². The Labute approximate surface area is 201 Å². The molecule has 0 spiro atoms. The average molecular weight is 455 g/mol. The lowest BCUT2D eigenvalue weighted by Crippen LogP contribution is -2.39. The Hall–Kier alpha value is -3.59. The number of likely N-dealkylation sites (tertiary alicyclic amines) is 1. The number of quaternary nitrogens is 1. The summed E-state index contributed by atoms with van der Waals surface area (Å²) in [6.07, 6.45) is 2.73. The van der Waals surface area contributed by atoms with Gasteiger partial charge in [-0.3, -0.25) is 0 Å². The summed E-state index contributed by atoms with van der Waals surface area (Å²) in [5.41, 5.74) is 3.79. The summed E-state index contributed by atoms with van der Waals surface area (Å²) in [7, 11) is 1.64. The van der Waals surface area contributed by atoms with Gasteiger partial charge in [0.2, 0.25) is 0 Å². The topological polar surface area (TPSA) is 65.3 Å². The van der Waals surface area contributed by atoms with Crippen molar-refractivity contribution < 1.29 is 14.1 Å². The lowest BCUT2D eigenvalue weighted by molar-refractivity contribution is -0.884. The number of hydrogen-bond donors (Lipinski definition) is 0. The van der Waals surface area contributed by atoms with Gasteiger partial charge in [-0.15, -0.1) is 6.58 Å². The normalized spacial score (nSPS) is 21.6. The molecule has 0 amide bonds. The highest BCUT2D eigenvalue weighted by molar-refractivity contribution is 5.64. The van der Waals surface area contributed by atoms with Crippen molar-refractivity contribution in [3.63, 3.8) is 0 Å². The monoisotopic (exact) mass is 454 g/mol. The van der Waals surface area contributed by atoms with E-state index in [1.54, 1.807) is 7.11 Å². The van der Waals surface area contributed by atoms with Crippen molar-refractivity contribution >= 4 is 0 Å². The zero-order chi connectivity index (χ0) is 24.0. The quantitative estimate of drug-likeness (QED) is 0.228. The smallest absolute Gasteiger partial charge is 0.119 e. The fraction of sp³-hybridized carbons (Fsp3) is 0.276. The molecule has 0 N–H and O–H groups in total. The van der Waals surface area contributed by atoms with Gasteiger partial charge in [0.05, 0.1) is 44.4 Å². The molecule has 5 nitrogen and oxygen atoms in total. The molecule has 0 aliphatic carbocycles. The van der Waals surface area contributed by atoms with Crippen LogP contribution in [0.3, 0.4) is 0 Å². The van der Waals surface area contributed by atoms with E-state index in [0.717, 1.165) is 34.6 Å². The van der Waals surface area contributed by atoms with Crippen LogP contribution < -0.4 is 9.47 Å². The number of nitrogens with zero attached hydrogens (tertiary/aromatic N) is 2. The first kappa shape index (κ1) is 23.6. The first-order chi connectivity index (χ1) is 16.5. The van der Waals surface area contributed by atoms with Crippen molar-refractivity contribution in [1.82, 2.24) is 0 Å². The second kappa shape index (κ2) is 10.6. The first-order valence-corrected chi connectivity index (χ1v) is 11.6. The number of benzene rings is 3. The van der Waals surface area contributed by atoms with Crippen LogP contribution in [0, 0.1) is 28.4 Å². The number of allylic oxidation sites excluding steroid dienone is 1. The maximum atomic E-state index is 13.6. The van der Waals surface area contributed by atoms with Gasteiger partial charge < -0.3 is 19.3 Å². The molecule has 1 saturated heterocycles. The molecule has 5 heteroatoms. The maximum absolute atomic E-state index is 13.6. The van der Waals surface area contributed by atoms with Crippen LogP contribution >= 0.6 is 0 Å². The van der Waals surface area contributed by atoms with E-state index >= 15 is 0 Å². The molecule has 3 atom stereocenters. The molecule has 4 rings (SSSR count). The predicted molar refractivity (Wildman–Crippen MR) is 134 cm³/mol. The molecule has 0 radical (unpaired) electrons. The molecule has 174 valence electrons. The fourth-order valence-corrected chi connectivity index (χ4v) is 4.77. The largest absolute Gasteiger partial charge is 0.633 e. The Morgan fingerprint density at radius 1 is 0.941 bits per heavy atom. The van der Waals surface area contributed by atoms with E-state index in [1.807, 2.05) is 78.9 Å². The highest BCUT2D eigenvalue weighted by Crippen LogP contribution is 2.34. The number of nitriles is 1. The van der Waals surface area contributed by atoms with Crippen molar-refractivity contribution in [2.45, 2.75) is 13.0 Å². The Morgan fingerprint density at radius 2 is 1.53 bits per heavy atom. The van der Waals surface area contributed by atoms with Gasteiger partial charge in [-0.05, 0) is 66.1 Å². The van der Waals surface area contributed by atoms with E-state index in [0.29, 0.717) is 31.8 Å². The summed E-state index contributed by atoms with van der Waals surface area (Å²) < 4.78 is 11.1. The summed E-state index contributed by atoms with van der Waals surface area (Å²) in [6.45, 7) is 5.97. The third-order valence-corrected chi connectivity index (χ3v) is 6.57. The molecule has 0 saturated carbocycles. The van der Waals surface area contributed by atoms with Gasteiger partial charge >= 0.3 is 0 Å². The molecular formula is C29H30N2O3. The number of hydrogen-bond acceptors (Lipinski definition) is 4. The molecule has 3 unspecified atom stereocenters. The van der Waals surface area contributed by atoms with E-state index in [1.165, 1.54) is 0 Å². The summed E-state index contributed by atoms with van der Waals surface area (Å²) in [6, 6.07) is 25.4. The van der Waals surface area contributed by atoms with E-state index in [2.05, 4.69) is 12.6 Å². The van der Waals surface area contributed by atoms with Crippen molar-refractivity contribution in [1.29, 1.82) is 5.26 Å². The minimum atomic E-state index is -0.240. The lowest BCUT2D eigenvalue weighted by Gasteiger charge is -2.39. The first-order valence-electron chi connectivity index (χ1n) is 11.6.